The zero-order chi connectivity index (χ0) is 32.4. The van der Waals surface area contributed by atoms with Crippen molar-refractivity contribution in [2.75, 3.05) is 25.2 Å². The maximum Gasteiger partial charge on any atom is 0.227 e. The Balaban J connectivity index is 1.23. The fourth-order valence-corrected chi connectivity index (χ4v) is 12.4. The number of methoxy groups -OCH3 is 1. The second-order valence-corrected chi connectivity index (χ2v) is 18.6. The molecular weight excluding hydrogens is 593 g/mol. The summed E-state index contributed by atoms with van der Waals surface area (Å²) in [6.07, 6.45) is 4.01. The molecule has 0 saturated carbocycles. The molecule has 2 amide bonds. The van der Waals surface area contributed by atoms with Crippen molar-refractivity contribution in [3.63, 3.8) is 0 Å². The highest BCUT2D eigenvalue weighted by Gasteiger charge is 2.51. The number of fused-ring (bicyclic) bond motifs is 1. The van der Waals surface area contributed by atoms with Gasteiger partial charge in [0.15, 0.2) is 0 Å². The number of hydrogen-bond donors (Lipinski definition) is 1. The van der Waals surface area contributed by atoms with Gasteiger partial charge in [-0.25, -0.2) is 0 Å². The van der Waals surface area contributed by atoms with Crippen LogP contribution in [0.5, 0.6) is 5.75 Å². The Morgan fingerprint density at radius 1 is 1.02 bits per heavy atom. The minimum atomic E-state index is -2.14. The number of amides is 2. The Labute approximate surface area is 274 Å². The minimum absolute atomic E-state index is 0.0145. The number of carbonyl (C=O) groups is 2. The molecule has 0 aliphatic carbocycles. The molecule has 7 nitrogen and oxygen atoms in total. The molecule has 8 heteroatoms. The highest BCUT2D eigenvalue weighted by molar-refractivity contribution is 6.91. The molecule has 3 aliphatic heterocycles. The standard InChI is InChI=1S/C38H48N2O5Si/c1-26-34(19-14-27-9-7-12-30(21-27)39-20-8-13-36(39)42)45-35(38(26)46(3,4)33-17-15-32(44-2)16-18-33)23-37(43)40-24-29-11-6-5-10-28(29)22-31(40)25-41/h5-7,9-12,15-18,21,26,31,34-35,38,41H,8,13-14,19-20,22-25H2,1-4H3/t26-,31-,34+,35-,38+/m0/s1. The lowest BCUT2D eigenvalue weighted by atomic mass is 9.93. The van der Waals surface area contributed by atoms with Crippen LogP contribution in [0.25, 0.3) is 0 Å². The van der Waals surface area contributed by atoms with Crippen molar-refractivity contribution in [1.82, 2.24) is 4.90 Å². The highest BCUT2D eigenvalue weighted by atomic mass is 28.3. The van der Waals surface area contributed by atoms with E-state index in [0.717, 1.165) is 42.8 Å². The number of aryl methyl sites for hydroxylation is 1. The molecule has 2 fully saturated rings. The fourth-order valence-electron chi connectivity index (χ4n) is 8.29. The largest absolute Gasteiger partial charge is 0.497 e. The number of hydrogen-bond acceptors (Lipinski definition) is 5. The number of aliphatic hydroxyl groups is 1. The van der Waals surface area contributed by atoms with E-state index in [9.17, 15) is 14.7 Å². The first-order valence-electron chi connectivity index (χ1n) is 16.9. The SMILES string of the molecule is COc1ccc([Si](C)(C)[C@@H]2[C@@H](C)[C@@H](CCc3cccc(N4CCCC4=O)c3)O[C@H]2CC(=O)N2Cc3ccccc3C[C@H]2CO)cc1. The van der Waals surface area contributed by atoms with Gasteiger partial charge in [0.05, 0.1) is 46.5 Å². The number of aliphatic hydroxyl groups excluding tert-OH is 1. The van der Waals surface area contributed by atoms with Gasteiger partial charge in [-0.3, -0.25) is 9.59 Å². The number of ether oxygens (including phenoxy) is 2. The van der Waals surface area contributed by atoms with Crippen LogP contribution in [0.2, 0.25) is 18.6 Å². The molecule has 3 aliphatic rings. The van der Waals surface area contributed by atoms with Crippen LogP contribution >= 0.6 is 0 Å². The summed E-state index contributed by atoms with van der Waals surface area (Å²) in [5, 5.41) is 11.6. The second-order valence-electron chi connectivity index (χ2n) is 13.9. The van der Waals surface area contributed by atoms with Gasteiger partial charge in [-0.15, -0.1) is 0 Å². The van der Waals surface area contributed by atoms with Gasteiger partial charge in [-0.05, 0) is 78.1 Å². The van der Waals surface area contributed by atoms with E-state index >= 15 is 0 Å². The Morgan fingerprint density at radius 3 is 2.48 bits per heavy atom. The summed E-state index contributed by atoms with van der Waals surface area (Å²) in [5.74, 6) is 1.36. The Bertz CT molecular complexity index is 1540. The molecule has 3 heterocycles. The number of anilines is 1. The van der Waals surface area contributed by atoms with Gasteiger partial charge in [-0.1, -0.05) is 73.7 Å². The van der Waals surface area contributed by atoms with Gasteiger partial charge in [0.1, 0.15) is 5.75 Å². The van der Waals surface area contributed by atoms with Crippen LogP contribution in [0.4, 0.5) is 5.69 Å². The van der Waals surface area contributed by atoms with Gasteiger partial charge in [0.2, 0.25) is 11.8 Å². The Kier molecular flexibility index (Phi) is 9.69. The lowest BCUT2D eigenvalue weighted by Crippen LogP contribution is -2.52. The first kappa shape index (κ1) is 32.5. The molecule has 3 aromatic carbocycles. The molecule has 0 radical (unpaired) electrons. The quantitative estimate of drug-likeness (QED) is 0.297. The molecule has 3 aromatic rings. The van der Waals surface area contributed by atoms with Crippen LogP contribution in [0.3, 0.4) is 0 Å². The molecule has 0 unspecified atom stereocenters. The van der Waals surface area contributed by atoms with E-state index in [2.05, 4.69) is 56.4 Å². The minimum Gasteiger partial charge on any atom is -0.497 e. The molecule has 6 rings (SSSR count). The van der Waals surface area contributed by atoms with Crippen LogP contribution in [0.1, 0.15) is 49.3 Å². The molecule has 0 bridgehead atoms. The lowest BCUT2D eigenvalue weighted by Gasteiger charge is -2.39. The molecule has 0 spiro atoms. The van der Waals surface area contributed by atoms with Crippen LogP contribution in [0, 0.1) is 5.92 Å². The highest BCUT2D eigenvalue weighted by Crippen LogP contribution is 2.47. The maximum absolute atomic E-state index is 14.1. The predicted molar refractivity (Wildman–Crippen MR) is 184 cm³/mol. The van der Waals surface area contributed by atoms with E-state index in [-0.39, 0.29) is 48.1 Å². The van der Waals surface area contributed by atoms with Crippen LogP contribution in [0.15, 0.2) is 72.8 Å². The first-order chi connectivity index (χ1) is 22.2. The van der Waals surface area contributed by atoms with Crippen molar-refractivity contribution in [3.8, 4) is 5.75 Å². The van der Waals surface area contributed by atoms with E-state index in [1.54, 1.807) is 7.11 Å². The average Bonchev–Trinajstić information content (AvgIpc) is 3.65. The van der Waals surface area contributed by atoms with Gasteiger partial charge in [0.25, 0.3) is 0 Å². The monoisotopic (exact) mass is 640 g/mol. The smallest absolute Gasteiger partial charge is 0.227 e. The second kappa shape index (κ2) is 13.7. The number of rotatable bonds is 10. The third kappa shape index (κ3) is 6.53. The van der Waals surface area contributed by atoms with Gasteiger partial charge in [0, 0.05) is 25.2 Å². The fraction of sp³-hybridized carbons (Fsp3) is 0.474. The number of nitrogens with zero attached hydrogens (tertiary/aromatic N) is 2. The van der Waals surface area contributed by atoms with Crippen LogP contribution < -0.4 is 14.8 Å². The van der Waals surface area contributed by atoms with Gasteiger partial charge >= 0.3 is 0 Å². The van der Waals surface area contributed by atoms with E-state index in [1.807, 2.05) is 46.2 Å². The van der Waals surface area contributed by atoms with Crippen molar-refractivity contribution in [2.24, 2.45) is 5.92 Å². The topological polar surface area (TPSA) is 79.3 Å². The molecular formula is C38H48N2O5Si. The number of carbonyl (C=O) groups excluding carboxylic acids is 2. The van der Waals surface area contributed by atoms with E-state index in [1.165, 1.54) is 16.3 Å². The summed E-state index contributed by atoms with van der Waals surface area (Å²) in [4.78, 5) is 30.3. The van der Waals surface area contributed by atoms with E-state index < -0.39 is 8.07 Å². The van der Waals surface area contributed by atoms with Crippen LogP contribution in [-0.4, -0.2) is 68.4 Å². The summed E-state index contributed by atoms with van der Waals surface area (Å²) in [6.45, 7) is 8.37. The third-order valence-corrected chi connectivity index (χ3v) is 15.2. The average molecular weight is 641 g/mol. The number of benzene rings is 3. The maximum atomic E-state index is 14.1. The van der Waals surface area contributed by atoms with Crippen molar-refractivity contribution in [1.29, 1.82) is 0 Å². The van der Waals surface area contributed by atoms with Crippen LogP contribution in [-0.2, 0) is 33.7 Å². The summed E-state index contributed by atoms with van der Waals surface area (Å²) in [6, 6.07) is 24.8. The van der Waals surface area contributed by atoms with E-state index in [4.69, 9.17) is 9.47 Å². The molecule has 2 saturated heterocycles. The summed E-state index contributed by atoms with van der Waals surface area (Å²) in [5.41, 5.74) is 4.78. The van der Waals surface area contributed by atoms with Crippen molar-refractivity contribution in [2.45, 2.75) is 88.9 Å². The third-order valence-electron chi connectivity index (χ3n) is 10.8. The zero-order valence-electron chi connectivity index (χ0n) is 27.7. The van der Waals surface area contributed by atoms with Crippen molar-refractivity contribution in [3.05, 3.63) is 89.5 Å². The van der Waals surface area contributed by atoms with E-state index in [0.29, 0.717) is 25.8 Å². The zero-order valence-corrected chi connectivity index (χ0v) is 28.7. The molecule has 244 valence electrons. The van der Waals surface area contributed by atoms with Gasteiger partial charge < -0.3 is 24.4 Å². The van der Waals surface area contributed by atoms with Gasteiger partial charge in [-0.2, -0.15) is 0 Å². The van der Waals surface area contributed by atoms with Crippen molar-refractivity contribution < 1.29 is 24.2 Å². The summed E-state index contributed by atoms with van der Waals surface area (Å²) in [7, 11) is -0.448. The molecule has 1 N–H and O–H groups in total. The van der Waals surface area contributed by atoms with Crippen molar-refractivity contribution >= 4 is 30.8 Å². The normalized spacial score (nSPS) is 24.7. The predicted octanol–water partition coefficient (Wildman–Crippen LogP) is 5.48. The summed E-state index contributed by atoms with van der Waals surface area (Å²) < 4.78 is 12.4. The lowest BCUT2D eigenvalue weighted by molar-refractivity contribution is -0.138. The Morgan fingerprint density at radius 2 is 1.78 bits per heavy atom. The summed E-state index contributed by atoms with van der Waals surface area (Å²) >= 11 is 0. The molecule has 0 aromatic heterocycles. The first-order valence-corrected chi connectivity index (χ1v) is 19.9. The molecule has 46 heavy (non-hydrogen) atoms. The Hall–Kier alpha value is -3.46. The molecule has 5 atom stereocenters.